The average molecular weight is 274 g/mol. The van der Waals surface area contributed by atoms with Gasteiger partial charge in [-0.25, -0.2) is 9.97 Å². The highest BCUT2D eigenvalue weighted by atomic mass is 16.4. The van der Waals surface area contributed by atoms with Crippen LogP contribution in [0.3, 0.4) is 0 Å². The van der Waals surface area contributed by atoms with Crippen LogP contribution >= 0.6 is 0 Å². The number of carbonyl (C=O) groups is 1. The summed E-state index contributed by atoms with van der Waals surface area (Å²) in [6.45, 7) is 3.88. The van der Waals surface area contributed by atoms with Gasteiger partial charge in [0.1, 0.15) is 5.82 Å². The standard InChI is InChI=1S/C14H18N4O2/c1-3-4-12-5-6-18(17-12)13(7-14(19)20)11-8-15-10(2)16-9-11/h5-6,8-9,13H,3-4,7H2,1-2H3,(H,19,20)/t13-/m0/s1. The first-order valence-corrected chi connectivity index (χ1v) is 6.64. The van der Waals surface area contributed by atoms with Gasteiger partial charge in [0, 0.05) is 24.2 Å². The summed E-state index contributed by atoms with van der Waals surface area (Å²) in [7, 11) is 0. The average Bonchev–Trinajstić information content (AvgIpc) is 2.86. The van der Waals surface area contributed by atoms with Crippen LogP contribution in [-0.4, -0.2) is 30.8 Å². The smallest absolute Gasteiger partial charge is 0.305 e. The number of hydrogen-bond acceptors (Lipinski definition) is 4. The van der Waals surface area contributed by atoms with E-state index in [2.05, 4.69) is 22.0 Å². The molecule has 0 aliphatic heterocycles. The molecule has 0 spiro atoms. The molecule has 0 radical (unpaired) electrons. The zero-order valence-electron chi connectivity index (χ0n) is 11.7. The highest BCUT2D eigenvalue weighted by Gasteiger charge is 2.19. The summed E-state index contributed by atoms with van der Waals surface area (Å²) in [6, 6.07) is 1.55. The van der Waals surface area contributed by atoms with Gasteiger partial charge in [-0.2, -0.15) is 5.10 Å². The predicted molar refractivity (Wildman–Crippen MR) is 73.4 cm³/mol. The van der Waals surface area contributed by atoms with Gasteiger partial charge in [0.2, 0.25) is 0 Å². The minimum absolute atomic E-state index is 0.0420. The first-order valence-electron chi connectivity index (χ1n) is 6.64. The number of aliphatic carboxylic acids is 1. The molecule has 106 valence electrons. The van der Waals surface area contributed by atoms with Crippen molar-refractivity contribution >= 4 is 5.97 Å². The summed E-state index contributed by atoms with van der Waals surface area (Å²) in [5.74, 6) is -0.210. The Morgan fingerprint density at radius 3 is 2.70 bits per heavy atom. The van der Waals surface area contributed by atoms with Gasteiger partial charge in [0.25, 0.3) is 0 Å². The van der Waals surface area contributed by atoms with Crippen molar-refractivity contribution in [1.29, 1.82) is 0 Å². The van der Waals surface area contributed by atoms with Crippen molar-refractivity contribution in [3.05, 3.63) is 41.7 Å². The molecule has 0 amide bonds. The predicted octanol–water partition coefficient (Wildman–Crippen LogP) is 2.00. The lowest BCUT2D eigenvalue weighted by atomic mass is 10.1. The molecule has 20 heavy (non-hydrogen) atoms. The molecular formula is C14H18N4O2. The van der Waals surface area contributed by atoms with E-state index in [-0.39, 0.29) is 12.5 Å². The zero-order valence-corrected chi connectivity index (χ0v) is 11.7. The van der Waals surface area contributed by atoms with Gasteiger partial charge in [0.05, 0.1) is 18.2 Å². The van der Waals surface area contributed by atoms with Crippen LogP contribution in [0.25, 0.3) is 0 Å². The fourth-order valence-electron chi connectivity index (χ4n) is 2.04. The molecule has 0 fully saturated rings. The van der Waals surface area contributed by atoms with E-state index < -0.39 is 5.97 Å². The number of rotatable bonds is 6. The lowest BCUT2D eigenvalue weighted by molar-refractivity contribution is -0.137. The van der Waals surface area contributed by atoms with Crippen LogP contribution in [0.1, 0.15) is 42.9 Å². The van der Waals surface area contributed by atoms with E-state index in [0.717, 1.165) is 24.1 Å². The molecular weight excluding hydrogens is 256 g/mol. The van der Waals surface area contributed by atoms with Crippen LogP contribution in [0, 0.1) is 6.92 Å². The molecule has 0 aliphatic carbocycles. The third kappa shape index (κ3) is 3.40. The molecule has 0 saturated heterocycles. The van der Waals surface area contributed by atoms with Crippen LogP contribution in [-0.2, 0) is 11.2 Å². The SMILES string of the molecule is CCCc1ccn([C@@H](CC(=O)O)c2cnc(C)nc2)n1. The van der Waals surface area contributed by atoms with E-state index in [9.17, 15) is 4.79 Å². The Bertz CT molecular complexity index is 577. The van der Waals surface area contributed by atoms with Crippen molar-refractivity contribution in [3.63, 3.8) is 0 Å². The molecule has 0 bridgehead atoms. The van der Waals surface area contributed by atoms with Crippen molar-refractivity contribution in [2.45, 2.75) is 39.2 Å². The Hall–Kier alpha value is -2.24. The van der Waals surface area contributed by atoms with Gasteiger partial charge in [-0.05, 0) is 19.4 Å². The summed E-state index contributed by atoms with van der Waals surface area (Å²) in [5.41, 5.74) is 1.72. The summed E-state index contributed by atoms with van der Waals surface area (Å²) in [6.07, 6.45) is 7.00. The molecule has 0 unspecified atom stereocenters. The van der Waals surface area contributed by atoms with Gasteiger partial charge in [-0.15, -0.1) is 0 Å². The molecule has 0 aliphatic rings. The number of nitrogens with zero attached hydrogens (tertiary/aromatic N) is 4. The van der Waals surface area contributed by atoms with Crippen molar-refractivity contribution in [2.24, 2.45) is 0 Å². The molecule has 2 rings (SSSR count). The molecule has 6 heteroatoms. The van der Waals surface area contributed by atoms with E-state index in [1.54, 1.807) is 24.0 Å². The van der Waals surface area contributed by atoms with E-state index >= 15 is 0 Å². The monoisotopic (exact) mass is 274 g/mol. The van der Waals surface area contributed by atoms with Gasteiger partial charge in [-0.1, -0.05) is 13.3 Å². The van der Waals surface area contributed by atoms with Gasteiger partial charge >= 0.3 is 5.97 Å². The van der Waals surface area contributed by atoms with Crippen LogP contribution in [0.5, 0.6) is 0 Å². The van der Waals surface area contributed by atoms with E-state index in [1.165, 1.54) is 0 Å². The highest BCUT2D eigenvalue weighted by molar-refractivity contribution is 5.67. The van der Waals surface area contributed by atoms with Gasteiger partial charge in [0.15, 0.2) is 0 Å². The van der Waals surface area contributed by atoms with Gasteiger partial charge < -0.3 is 5.11 Å². The molecule has 2 aromatic rings. The normalized spacial score (nSPS) is 12.3. The first kappa shape index (κ1) is 14.2. The number of carboxylic acid groups (broad SMARTS) is 1. The zero-order chi connectivity index (χ0) is 14.5. The topological polar surface area (TPSA) is 80.9 Å². The summed E-state index contributed by atoms with van der Waals surface area (Å²) in [4.78, 5) is 19.3. The minimum Gasteiger partial charge on any atom is -0.481 e. The van der Waals surface area contributed by atoms with E-state index in [4.69, 9.17) is 5.11 Å². The molecule has 0 saturated carbocycles. The quantitative estimate of drug-likeness (QED) is 0.871. The largest absolute Gasteiger partial charge is 0.481 e. The maximum Gasteiger partial charge on any atom is 0.305 e. The fraction of sp³-hybridized carbons (Fsp3) is 0.429. The van der Waals surface area contributed by atoms with Crippen molar-refractivity contribution in [1.82, 2.24) is 19.7 Å². The third-order valence-electron chi connectivity index (χ3n) is 3.04. The third-order valence-corrected chi connectivity index (χ3v) is 3.04. The number of aromatic nitrogens is 4. The van der Waals surface area contributed by atoms with Crippen molar-refractivity contribution < 1.29 is 9.90 Å². The molecule has 6 nitrogen and oxygen atoms in total. The Kier molecular flexibility index (Phi) is 4.45. The molecule has 0 aromatic carbocycles. The second-order valence-electron chi connectivity index (χ2n) is 4.71. The molecule has 2 aromatic heterocycles. The minimum atomic E-state index is -0.872. The van der Waals surface area contributed by atoms with Gasteiger partial charge in [-0.3, -0.25) is 9.48 Å². The maximum absolute atomic E-state index is 11.1. The Morgan fingerprint density at radius 1 is 1.40 bits per heavy atom. The summed E-state index contributed by atoms with van der Waals surface area (Å²) >= 11 is 0. The van der Waals surface area contributed by atoms with Crippen LogP contribution in [0.2, 0.25) is 0 Å². The second-order valence-corrected chi connectivity index (χ2v) is 4.71. The molecule has 2 heterocycles. The van der Waals surface area contributed by atoms with Crippen LogP contribution in [0.4, 0.5) is 0 Å². The lowest BCUT2D eigenvalue weighted by Gasteiger charge is -2.15. The summed E-state index contributed by atoms with van der Waals surface area (Å²) < 4.78 is 1.69. The highest BCUT2D eigenvalue weighted by Crippen LogP contribution is 2.20. The fourth-order valence-corrected chi connectivity index (χ4v) is 2.04. The molecule has 1 atom stereocenters. The Labute approximate surface area is 117 Å². The van der Waals surface area contributed by atoms with E-state index in [1.807, 2.05) is 12.3 Å². The Balaban J connectivity index is 2.30. The number of aryl methyl sites for hydroxylation is 2. The Morgan fingerprint density at radius 2 is 2.10 bits per heavy atom. The maximum atomic E-state index is 11.1. The molecule has 1 N–H and O–H groups in total. The van der Waals surface area contributed by atoms with E-state index in [0.29, 0.717) is 5.82 Å². The van der Waals surface area contributed by atoms with Crippen molar-refractivity contribution in [2.75, 3.05) is 0 Å². The van der Waals surface area contributed by atoms with Crippen molar-refractivity contribution in [3.8, 4) is 0 Å². The number of carboxylic acids is 1. The van der Waals surface area contributed by atoms with Crippen LogP contribution in [0.15, 0.2) is 24.7 Å². The lowest BCUT2D eigenvalue weighted by Crippen LogP contribution is -2.16. The second kappa shape index (κ2) is 6.27. The summed E-state index contributed by atoms with van der Waals surface area (Å²) in [5, 5.41) is 13.5. The van der Waals surface area contributed by atoms with Crippen LogP contribution < -0.4 is 0 Å². The first-order chi connectivity index (χ1) is 9.60. The number of hydrogen-bond donors (Lipinski definition) is 1.